The first kappa shape index (κ1) is 7.98. The second-order valence-electron chi connectivity index (χ2n) is 2.71. The fourth-order valence-corrected chi connectivity index (χ4v) is 0.836. The molecular weight excluding hydrogens is 132 g/mol. The van der Waals surface area contributed by atoms with Crippen LogP contribution in [0.1, 0.15) is 13.8 Å². The molecule has 1 heterocycles. The number of rotatable bonds is 0. The molecule has 10 heavy (non-hydrogen) atoms. The van der Waals surface area contributed by atoms with Crippen LogP contribution in [0.4, 0.5) is 0 Å². The van der Waals surface area contributed by atoms with Gasteiger partial charge >= 0.3 is 0 Å². The Morgan fingerprint density at radius 1 is 0.900 bits per heavy atom. The van der Waals surface area contributed by atoms with Gasteiger partial charge < -0.3 is 14.2 Å². The van der Waals surface area contributed by atoms with Gasteiger partial charge in [-0.25, -0.2) is 0 Å². The molecule has 3 nitrogen and oxygen atoms in total. The molecule has 1 aliphatic heterocycles. The zero-order chi connectivity index (χ0) is 7.45. The fourth-order valence-electron chi connectivity index (χ4n) is 0.836. The molecule has 0 radical (unpaired) electrons. The molecule has 0 saturated carbocycles. The largest absolute Gasteiger partial charge is 0.377 e. The summed E-state index contributed by atoms with van der Waals surface area (Å²) in [5, 5.41) is 0. The molecule has 0 unspecified atom stereocenters. The third kappa shape index (κ3) is 2.64. The number of hydrogen-bond acceptors (Lipinski definition) is 3. The third-order valence-electron chi connectivity index (χ3n) is 1.35. The van der Waals surface area contributed by atoms with Crippen molar-refractivity contribution in [3.63, 3.8) is 0 Å². The van der Waals surface area contributed by atoms with Crippen molar-refractivity contribution in [1.82, 2.24) is 0 Å². The summed E-state index contributed by atoms with van der Waals surface area (Å²) >= 11 is 0. The predicted molar refractivity (Wildman–Crippen MR) is 36.8 cm³/mol. The van der Waals surface area contributed by atoms with Crippen molar-refractivity contribution in [3.05, 3.63) is 0 Å². The highest BCUT2D eigenvalue weighted by atomic mass is 16.7. The second-order valence-corrected chi connectivity index (χ2v) is 2.71. The average molecular weight is 146 g/mol. The van der Waals surface area contributed by atoms with Crippen LogP contribution in [0.3, 0.4) is 0 Å². The summed E-state index contributed by atoms with van der Waals surface area (Å²) in [6, 6.07) is 0. The van der Waals surface area contributed by atoms with E-state index in [1.807, 2.05) is 13.8 Å². The van der Waals surface area contributed by atoms with Crippen molar-refractivity contribution in [2.24, 2.45) is 0 Å². The van der Waals surface area contributed by atoms with E-state index in [1.54, 1.807) is 0 Å². The minimum Gasteiger partial charge on any atom is -0.377 e. The van der Waals surface area contributed by atoms with E-state index in [4.69, 9.17) is 14.2 Å². The molecule has 1 rings (SSSR count). The Balaban J connectivity index is 2.30. The number of hydrogen-bond donors (Lipinski definition) is 0. The lowest BCUT2D eigenvalue weighted by Crippen LogP contribution is -2.33. The van der Waals surface area contributed by atoms with Gasteiger partial charge in [-0.05, 0) is 13.8 Å². The van der Waals surface area contributed by atoms with Crippen molar-refractivity contribution < 1.29 is 14.2 Å². The highest BCUT2D eigenvalue weighted by molar-refractivity contribution is 4.55. The lowest BCUT2D eigenvalue weighted by Gasteiger charge is -2.27. The molecule has 1 fully saturated rings. The van der Waals surface area contributed by atoms with E-state index in [0.29, 0.717) is 26.4 Å². The normalized spacial score (nSPS) is 27.0. The molecule has 0 atom stereocenters. The van der Waals surface area contributed by atoms with Gasteiger partial charge in [-0.3, -0.25) is 0 Å². The minimum absolute atomic E-state index is 0.427. The zero-order valence-corrected chi connectivity index (χ0v) is 6.55. The van der Waals surface area contributed by atoms with Gasteiger partial charge in [0.2, 0.25) is 0 Å². The van der Waals surface area contributed by atoms with E-state index >= 15 is 0 Å². The Morgan fingerprint density at radius 2 is 1.40 bits per heavy atom. The summed E-state index contributed by atoms with van der Waals surface area (Å²) < 4.78 is 15.8. The van der Waals surface area contributed by atoms with E-state index in [0.717, 1.165) is 0 Å². The monoisotopic (exact) mass is 146 g/mol. The zero-order valence-electron chi connectivity index (χ0n) is 6.55. The molecule has 0 aromatic rings. The Labute approximate surface area is 61.3 Å². The summed E-state index contributed by atoms with van der Waals surface area (Å²) in [5.74, 6) is -0.427. The van der Waals surface area contributed by atoms with Crippen molar-refractivity contribution in [2.75, 3.05) is 26.4 Å². The molecule has 0 aliphatic carbocycles. The van der Waals surface area contributed by atoms with Gasteiger partial charge in [-0.15, -0.1) is 0 Å². The van der Waals surface area contributed by atoms with E-state index in [1.165, 1.54) is 0 Å². The van der Waals surface area contributed by atoms with E-state index in [9.17, 15) is 0 Å². The molecule has 1 aliphatic rings. The van der Waals surface area contributed by atoms with Crippen LogP contribution in [0.5, 0.6) is 0 Å². The Morgan fingerprint density at radius 3 is 1.90 bits per heavy atom. The molecule has 0 aromatic heterocycles. The molecule has 0 amide bonds. The molecular formula is C7H14O3. The van der Waals surface area contributed by atoms with Gasteiger partial charge in [0, 0.05) is 0 Å². The van der Waals surface area contributed by atoms with Crippen molar-refractivity contribution in [3.8, 4) is 0 Å². The van der Waals surface area contributed by atoms with Gasteiger partial charge in [0.1, 0.15) is 0 Å². The highest BCUT2D eigenvalue weighted by Gasteiger charge is 2.19. The summed E-state index contributed by atoms with van der Waals surface area (Å²) in [6.07, 6.45) is 0. The van der Waals surface area contributed by atoms with Crippen LogP contribution in [-0.2, 0) is 14.2 Å². The van der Waals surface area contributed by atoms with Gasteiger partial charge in [0.15, 0.2) is 5.79 Å². The maximum absolute atomic E-state index is 5.32. The van der Waals surface area contributed by atoms with Crippen LogP contribution >= 0.6 is 0 Å². The van der Waals surface area contributed by atoms with Crippen LogP contribution < -0.4 is 0 Å². The minimum atomic E-state index is -0.427. The Hall–Kier alpha value is -0.120. The quantitative estimate of drug-likeness (QED) is 0.505. The third-order valence-corrected chi connectivity index (χ3v) is 1.35. The lowest BCUT2D eigenvalue weighted by molar-refractivity contribution is -0.238. The maximum atomic E-state index is 5.32. The smallest absolute Gasteiger partial charge is 0.162 e. The topological polar surface area (TPSA) is 27.7 Å². The Bertz CT molecular complexity index is 91.0. The molecule has 1 saturated heterocycles. The first-order valence-electron chi connectivity index (χ1n) is 3.56. The van der Waals surface area contributed by atoms with Crippen molar-refractivity contribution in [1.29, 1.82) is 0 Å². The van der Waals surface area contributed by atoms with Crippen LogP contribution in [0.15, 0.2) is 0 Å². The molecule has 0 bridgehead atoms. The van der Waals surface area contributed by atoms with Crippen molar-refractivity contribution >= 4 is 0 Å². The van der Waals surface area contributed by atoms with Gasteiger partial charge in [0.05, 0.1) is 26.4 Å². The molecule has 60 valence electrons. The number of ether oxygens (including phenoxy) is 3. The Kier molecular flexibility index (Phi) is 2.65. The molecule has 3 heteroatoms. The van der Waals surface area contributed by atoms with Gasteiger partial charge in [-0.1, -0.05) is 0 Å². The maximum Gasteiger partial charge on any atom is 0.162 e. The lowest BCUT2D eigenvalue weighted by atomic mass is 10.4. The summed E-state index contributed by atoms with van der Waals surface area (Å²) in [7, 11) is 0. The molecule has 0 spiro atoms. The predicted octanol–water partition coefficient (Wildman–Crippen LogP) is 0.786. The SMILES string of the molecule is CC1(C)OCCOCCO1. The molecule has 0 aromatic carbocycles. The summed E-state index contributed by atoms with van der Waals surface area (Å²) in [5.41, 5.74) is 0. The van der Waals surface area contributed by atoms with Crippen LogP contribution in [0.2, 0.25) is 0 Å². The average Bonchev–Trinajstić information content (AvgIpc) is 1.81. The second kappa shape index (κ2) is 3.32. The highest BCUT2D eigenvalue weighted by Crippen LogP contribution is 2.11. The fraction of sp³-hybridized carbons (Fsp3) is 1.00. The van der Waals surface area contributed by atoms with Crippen LogP contribution in [-0.4, -0.2) is 32.2 Å². The first-order chi connectivity index (χ1) is 4.71. The van der Waals surface area contributed by atoms with Crippen LogP contribution in [0.25, 0.3) is 0 Å². The summed E-state index contributed by atoms with van der Waals surface area (Å²) in [4.78, 5) is 0. The molecule has 0 N–H and O–H groups in total. The standard InChI is InChI=1S/C7H14O3/c1-7(2)9-5-3-8-4-6-10-7/h3-6H2,1-2H3. The van der Waals surface area contributed by atoms with E-state index in [-0.39, 0.29) is 0 Å². The summed E-state index contributed by atoms with van der Waals surface area (Å²) in [6.45, 7) is 6.41. The van der Waals surface area contributed by atoms with Gasteiger partial charge in [0.25, 0.3) is 0 Å². The van der Waals surface area contributed by atoms with E-state index < -0.39 is 5.79 Å². The first-order valence-corrected chi connectivity index (χ1v) is 3.56. The van der Waals surface area contributed by atoms with E-state index in [2.05, 4.69) is 0 Å². The van der Waals surface area contributed by atoms with Gasteiger partial charge in [-0.2, -0.15) is 0 Å². The van der Waals surface area contributed by atoms with Crippen molar-refractivity contribution in [2.45, 2.75) is 19.6 Å². The van der Waals surface area contributed by atoms with Crippen LogP contribution in [0, 0.1) is 0 Å².